The van der Waals surface area contributed by atoms with Crippen molar-refractivity contribution in [3.63, 3.8) is 0 Å². The van der Waals surface area contributed by atoms with Gasteiger partial charge in [0, 0.05) is 18.5 Å². The molecule has 1 aromatic carbocycles. The summed E-state index contributed by atoms with van der Waals surface area (Å²) in [6.45, 7) is 16.1. The zero-order valence-electron chi connectivity index (χ0n) is 13.5. The summed E-state index contributed by atoms with van der Waals surface area (Å²) >= 11 is 0. The van der Waals surface area contributed by atoms with Crippen LogP contribution in [0.1, 0.15) is 49.9 Å². The molecule has 0 aliphatic carbocycles. The molecule has 0 aliphatic rings. The van der Waals surface area contributed by atoms with E-state index in [1.165, 1.54) is 22.3 Å². The topological polar surface area (TPSA) is 32.3 Å². The first kappa shape index (κ1) is 16.2. The van der Waals surface area contributed by atoms with Gasteiger partial charge < -0.3 is 10.4 Å². The fourth-order valence-corrected chi connectivity index (χ4v) is 2.47. The lowest BCUT2D eigenvalue weighted by Gasteiger charge is -2.30. The van der Waals surface area contributed by atoms with Crippen LogP contribution < -0.4 is 5.32 Å². The van der Waals surface area contributed by atoms with Gasteiger partial charge in [0.15, 0.2) is 0 Å². The van der Waals surface area contributed by atoms with Gasteiger partial charge in [-0.25, -0.2) is 0 Å². The summed E-state index contributed by atoms with van der Waals surface area (Å²) in [5.74, 6) is 0. The fraction of sp³-hybridized carbons (Fsp3) is 0.647. The largest absolute Gasteiger partial charge is 0.389 e. The highest BCUT2D eigenvalue weighted by Crippen LogP contribution is 2.28. The summed E-state index contributed by atoms with van der Waals surface area (Å²) in [5.41, 5.74) is 4.83. The standard InChI is InChI=1S/C17H29NO/c1-12-8-14(3)15(9-13(12)2)16(4,5)10-18-11-17(6,7)19/h8-9,18-19H,10-11H2,1-7H3. The molecule has 2 N–H and O–H groups in total. The Balaban J connectivity index is 2.85. The minimum absolute atomic E-state index is 0.0633. The van der Waals surface area contributed by atoms with E-state index >= 15 is 0 Å². The number of benzene rings is 1. The third-order valence-electron chi connectivity index (χ3n) is 3.69. The van der Waals surface area contributed by atoms with Gasteiger partial charge in [-0.2, -0.15) is 0 Å². The molecule has 0 unspecified atom stereocenters. The van der Waals surface area contributed by atoms with Crippen molar-refractivity contribution in [1.29, 1.82) is 0 Å². The molecule has 0 saturated carbocycles. The van der Waals surface area contributed by atoms with E-state index in [-0.39, 0.29) is 5.41 Å². The van der Waals surface area contributed by atoms with E-state index < -0.39 is 5.60 Å². The van der Waals surface area contributed by atoms with Crippen LogP contribution in [0.5, 0.6) is 0 Å². The number of aryl methyl sites for hydroxylation is 3. The first-order valence-corrected chi connectivity index (χ1v) is 7.04. The van der Waals surface area contributed by atoms with Crippen molar-refractivity contribution in [2.75, 3.05) is 13.1 Å². The second-order valence-electron chi connectivity index (χ2n) is 7.05. The van der Waals surface area contributed by atoms with E-state index in [0.717, 1.165) is 6.54 Å². The number of rotatable bonds is 5. The van der Waals surface area contributed by atoms with Crippen LogP contribution in [0.3, 0.4) is 0 Å². The molecule has 0 bridgehead atoms. The van der Waals surface area contributed by atoms with Gasteiger partial charge in [0.2, 0.25) is 0 Å². The van der Waals surface area contributed by atoms with Gasteiger partial charge in [-0.1, -0.05) is 26.0 Å². The smallest absolute Gasteiger partial charge is 0.0715 e. The van der Waals surface area contributed by atoms with Gasteiger partial charge in [0.05, 0.1) is 5.60 Å². The molecule has 108 valence electrons. The van der Waals surface area contributed by atoms with E-state index in [2.05, 4.69) is 52.1 Å². The summed E-state index contributed by atoms with van der Waals surface area (Å²) in [7, 11) is 0. The highest BCUT2D eigenvalue weighted by atomic mass is 16.3. The van der Waals surface area contributed by atoms with Crippen molar-refractivity contribution in [3.05, 3.63) is 34.4 Å². The van der Waals surface area contributed by atoms with Gasteiger partial charge in [0.25, 0.3) is 0 Å². The predicted molar refractivity (Wildman–Crippen MR) is 82.8 cm³/mol. The highest BCUT2D eigenvalue weighted by molar-refractivity contribution is 5.40. The van der Waals surface area contributed by atoms with Gasteiger partial charge in [-0.15, -0.1) is 0 Å². The lowest BCUT2D eigenvalue weighted by atomic mass is 9.80. The molecule has 0 amide bonds. The first-order valence-electron chi connectivity index (χ1n) is 7.04. The van der Waals surface area contributed by atoms with Crippen molar-refractivity contribution in [2.45, 2.75) is 59.5 Å². The maximum absolute atomic E-state index is 9.76. The molecular formula is C17H29NO. The van der Waals surface area contributed by atoms with Crippen molar-refractivity contribution in [3.8, 4) is 0 Å². The predicted octanol–water partition coefficient (Wildman–Crippen LogP) is 3.25. The van der Waals surface area contributed by atoms with Crippen LogP contribution >= 0.6 is 0 Å². The molecule has 0 aromatic heterocycles. The maximum atomic E-state index is 9.76. The summed E-state index contributed by atoms with van der Waals surface area (Å²) in [5, 5.41) is 13.1. The number of aliphatic hydroxyl groups is 1. The average Bonchev–Trinajstić information content (AvgIpc) is 2.20. The van der Waals surface area contributed by atoms with Crippen LogP contribution in [0.2, 0.25) is 0 Å². The SMILES string of the molecule is Cc1cc(C)c(C(C)(C)CNCC(C)(C)O)cc1C. The number of hydrogen-bond donors (Lipinski definition) is 2. The van der Waals surface area contributed by atoms with Crippen LogP contribution in [0.15, 0.2) is 12.1 Å². The zero-order chi connectivity index (χ0) is 14.8. The maximum Gasteiger partial charge on any atom is 0.0715 e. The molecule has 0 spiro atoms. The van der Waals surface area contributed by atoms with E-state index in [9.17, 15) is 5.11 Å². The monoisotopic (exact) mass is 263 g/mol. The molecule has 1 rings (SSSR count). The first-order chi connectivity index (χ1) is 8.53. The Morgan fingerprint density at radius 2 is 1.42 bits per heavy atom. The Kier molecular flexibility index (Phi) is 4.81. The van der Waals surface area contributed by atoms with Crippen molar-refractivity contribution in [2.24, 2.45) is 0 Å². The van der Waals surface area contributed by atoms with Crippen LogP contribution in [0.25, 0.3) is 0 Å². The summed E-state index contributed by atoms with van der Waals surface area (Å²) in [6, 6.07) is 4.57. The second-order valence-corrected chi connectivity index (χ2v) is 7.05. The van der Waals surface area contributed by atoms with E-state index in [1.807, 2.05) is 13.8 Å². The van der Waals surface area contributed by atoms with E-state index in [4.69, 9.17) is 0 Å². The molecule has 0 atom stereocenters. The number of nitrogens with one attached hydrogen (secondary N) is 1. The molecule has 0 fully saturated rings. The van der Waals surface area contributed by atoms with Crippen LogP contribution in [0, 0.1) is 20.8 Å². The molecule has 1 aromatic rings. The second kappa shape index (κ2) is 5.64. The summed E-state index contributed by atoms with van der Waals surface area (Å²) in [6.07, 6.45) is 0. The van der Waals surface area contributed by atoms with Gasteiger partial charge in [0.1, 0.15) is 0 Å². The molecule has 2 nitrogen and oxygen atoms in total. The van der Waals surface area contributed by atoms with Gasteiger partial charge in [-0.05, 0) is 56.9 Å². The molecule has 19 heavy (non-hydrogen) atoms. The Morgan fingerprint density at radius 3 is 1.95 bits per heavy atom. The molecular weight excluding hydrogens is 234 g/mol. The molecule has 0 radical (unpaired) electrons. The molecule has 0 heterocycles. The van der Waals surface area contributed by atoms with Crippen molar-refractivity contribution in [1.82, 2.24) is 5.32 Å². The Labute approximate surface area is 118 Å². The quantitative estimate of drug-likeness (QED) is 0.854. The van der Waals surface area contributed by atoms with Gasteiger partial charge in [-0.3, -0.25) is 0 Å². The van der Waals surface area contributed by atoms with Crippen molar-refractivity contribution >= 4 is 0 Å². The lowest BCUT2D eigenvalue weighted by molar-refractivity contribution is 0.0785. The summed E-state index contributed by atoms with van der Waals surface area (Å²) < 4.78 is 0. The molecule has 0 saturated heterocycles. The van der Waals surface area contributed by atoms with E-state index in [1.54, 1.807) is 0 Å². The minimum atomic E-state index is -0.658. The van der Waals surface area contributed by atoms with Crippen LogP contribution in [0.4, 0.5) is 0 Å². The molecule has 2 heteroatoms. The lowest BCUT2D eigenvalue weighted by Crippen LogP contribution is -2.41. The average molecular weight is 263 g/mol. The summed E-state index contributed by atoms with van der Waals surface area (Å²) in [4.78, 5) is 0. The third kappa shape index (κ3) is 4.63. The minimum Gasteiger partial charge on any atom is -0.389 e. The fourth-order valence-electron chi connectivity index (χ4n) is 2.47. The van der Waals surface area contributed by atoms with Crippen LogP contribution in [-0.4, -0.2) is 23.8 Å². The normalized spacial score (nSPS) is 12.8. The Hall–Kier alpha value is -0.860. The van der Waals surface area contributed by atoms with Crippen molar-refractivity contribution < 1.29 is 5.11 Å². The Bertz CT molecular complexity index is 441. The van der Waals surface area contributed by atoms with Gasteiger partial charge >= 0.3 is 0 Å². The highest BCUT2D eigenvalue weighted by Gasteiger charge is 2.24. The number of hydrogen-bond acceptors (Lipinski definition) is 2. The van der Waals surface area contributed by atoms with Crippen LogP contribution in [-0.2, 0) is 5.41 Å². The zero-order valence-corrected chi connectivity index (χ0v) is 13.5. The molecule has 0 aliphatic heterocycles. The third-order valence-corrected chi connectivity index (χ3v) is 3.69. The Morgan fingerprint density at radius 1 is 0.895 bits per heavy atom. The van der Waals surface area contributed by atoms with E-state index in [0.29, 0.717) is 6.54 Å².